The Morgan fingerprint density at radius 2 is 1.71 bits per heavy atom. The molecule has 4 N–H and O–H groups in total. The summed E-state index contributed by atoms with van der Waals surface area (Å²) >= 11 is 0. The molecule has 0 radical (unpaired) electrons. The number of rotatable bonds is 3. The van der Waals surface area contributed by atoms with Crippen LogP contribution in [0.3, 0.4) is 0 Å². The van der Waals surface area contributed by atoms with E-state index in [2.05, 4.69) is 10.1 Å². The van der Waals surface area contributed by atoms with Crippen molar-refractivity contribution in [3.05, 3.63) is 0 Å². The first-order valence-corrected chi connectivity index (χ1v) is 6.29. The molecule has 21 heavy (non-hydrogen) atoms. The summed E-state index contributed by atoms with van der Waals surface area (Å²) in [6.45, 7) is -0.250. The first-order valence-electron chi connectivity index (χ1n) is 6.29. The fourth-order valence-corrected chi connectivity index (χ4v) is 2.23. The summed E-state index contributed by atoms with van der Waals surface area (Å²) in [4.78, 5) is 33.8. The van der Waals surface area contributed by atoms with Gasteiger partial charge in [-0.05, 0) is 12.8 Å². The molecular formula is C11H16F3N3O4. The summed E-state index contributed by atoms with van der Waals surface area (Å²) < 4.78 is 40.4. The molecule has 0 aromatic heterocycles. The molecule has 1 fully saturated rings. The van der Waals surface area contributed by atoms with E-state index in [4.69, 9.17) is 5.84 Å². The van der Waals surface area contributed by atoms with Gasteiger partial charge in [-0.1, -0.05) is 19.3 Å². The van der Waals surface area contributed by atoms with E-state index in [1.807, 2.05) is 0 Å². The zero-order chi connectivity index (χ0) is 16.1. The number of hydrogen-bond acceptors (Lipinski definition) is 5. The number of nitrogens with two attached hydrogens (primary N) is 1. The number of halogens is 3. The van der Waals surface area contributed by atoms with Crippen LogP contribution in [-0.4, -0.2) is 30.7 Å². The first-order chi connectivity index (χ1) is 9.71. The second kappa shape index (κ2) is 6.74. The van der Waals surface area contributed by atoms with Crippen molar-refractivity contribution in [2.24, 2.45) is 11.3 Å². The number of alkyl halides is 3. The van der Waals surface area contributed by atoms with Gasteiger partial charge in [0.2, 0.25) is 0 Å². The second-order valence-electron chi connectivity index (χ2n) is 4.84. The molecule has 10 heteroatoms. The van der Waals surface area contributed by atoms with Crippen molar-refractivity contribution in [1.29, 1.82) is 0 Å². The largest absolute Gasteiger partial charge is 0.491 e. The van der Waals surface area contributed by atoms with Crippen molar-refractivity contribution in [1.82, 2.24) is 10.7 Å². The number of ether oxygens (including phenoxy) is 1. The van der Waals surface area contributed by atoms with Crippen LogP contribution in [0.15, 0.2) is 0 Å². The van der Waals surface area contributed by atoms with Crippen LogP contribution in [0.1, 0.15) is 32.1 Å². The third kappa shape index (κ3) is 4.59. The maximum absolute atomic E-state index is 12.1. The summed E-state index contributed by atoms with van der Waals surface area (Å²) in [5.74, 6) is 1.03. The van der Waals surface area contributed by atoms with Crippen LogP contribution in [0.25, 0.3) is 0 Å². The third-order valence-electron chi connectivity index (χ3n) is 3.38. The van der Waals surface area contributed by atoms with Gasteiger partial charge >= 0.3 is 24.1 Å². The molecule has 7 nitrogen and oxygen atoms in total. The van der Waals surface area contributed by atoms with Crippen molar-refractivity contribution >= 4 is 18.0 Å². The van der Waals surface area contributed by atoms with Gasteiger partial charge in [0.15, 0.2) is 0 Å². The fourth-order valence-electron chi connectivity index (χ4n) is 2.23. The van der Waals surface area contributed by atoms with Gasteiger partial charge in [-0.2, -0.15) is 13.2 Å². The Morgan fingerprint density at radius 1 is 1.14 bits per heavy atom. The van der Waals surface area contributed by atoms with Crippen LogP contribution >= 0.6 is 0 Å². The van der Waals surface area contributed by atoms with E-state index in [1.54, 1.807) is 5.43 Å². The van der Waals surface area contributed by atoms with Crippen LogP contribution in [0.2, 0.25) is 0 Å². The Morgan fingerprint density at radius 3 is 2.19 bits per heavy atom. The smallest absolute Gasteiger partial charge is 0.386 e. The Hall–Kier alpha value is -1.84. The van der Waals surface area contributed by atoms with Crippen molar-refractivity contribution in [3.63, 3.8) is 0 Å². The zero-order valence-corrected chi connectivity index (χ0v) is 11.1. The molecule has 1 rings (SSSR count). The maximum atomic E-state index is 12.1. The van der Waals surface area contributed by atoms with Crippen LogP contribution in [0.4, 0.5) is 18.0 Å². The van der Waals surface area contributed by atoms with E-state index >= 15 is 0 Å². The number of carbonyl (C=O) groups is 3. The van der Waals surface area contributed by atoms with E-state index in [0.29, 0.717) is 12.8 Å². The number of hydrazine groups is 1. The van der Waals surface area contributed by atoms with Gasteiger partial charge in [0.25, 0.3) is 0 Å². The topological polar surface area (TPSA) is 111 Å². The number of amides is 2. The predicted octanol–water partition coefficient (Wildman–Crippen LogP) is 0.742. The average molecular weight is 311 g/mol. The van der Waals surface area contributed by atoms with Gasteiger partial charge in [-0.15, -0.1) is 0 Å². The number of urea groups is 1. The molecule has 0 heterocycles. The third-order valence-corrected chi connectivity index (χ3v) is 3.38. The molecule has 120 valence electrons. The molecule has 0 bridgehead atoms. The normalized spacial score (nSPS) is 17.7. The number of esters is 2. The molecule has 1 saturated carbocycles. The molecule has 0 atom stereocenters. The molecule has 0 aliphatic heterocycles. The standard InChI is InChI=1S/C11H16F3N3O4/c12-11(13,14)8(19)21-7(18)10(4-2-1-3-5-10)6-16-9(20)17-15/h1-6,15H2,(H2,16,17,20). The highest BCUT2D eigenvalue weighted by Crippen LogP contribution is 2.37. The molecule has 0 unspecified atom stereocenters. The monoisotopic (exact) mass is 311 g/mol. The molecule has 0 aromatic carbocycles. The number of hydrogen-bond donors (Lipinski definition) is 3. The Balaban J connectivity index is 2.78. The maximum Gasteiger partial charge on any atom is 0.491 e. The number of nitrogens with one attached hydrogen (secondary N) is 2. The Bertz CT molecular complexity index is 419. The Labute approximate surface area is 118 Å². The van der Waals surface area contributed by atoms with Gasteiger partial charge in [0, 0.05) is 6.54 Å². The quantitative estimate of drug-likeness (QED) is 0.234. The van der Waals surface area contributed by atoms with E-state index in [0.717, 1.165) is 6.42 Å². The minimum atomic E-state index is -5.24. The summed E-state index contributed by atoms with van der Waals surface area (Å²) in [6, 6.07) is -0.783. The Kier molecular flexibility index (Phi) is 5.53. The van der Waals surface area contributed by atoms with Crippen molar-refractivity contribution in [2.75, 3.05) is 6.54 Å². The van der Waals surface area contributed by atoms with Gasteiger partial charge < -0.3 is 10.1 Å². The lowest BCUT2D eigenvalue weighted by molar-refractivity contribution is -0.205. The van der Waals surface area contributed by atoms with Gasteiger partial charge in [0.05, 0.1) is 5.41 Å². The van der Waals surface area contributed by atoms with Crippen LogP contribution in [0.5, 0.6) is 0 Å². The lowest BCUT2D eigenvalue weighted by atomic mass is 9.74. The van der Waals surface area contributed by atoms with Gasteiger partial charge in [-0.25, -0.2) is 15.4 Å². The van der Waals surface area contributed by atoms with Crippen LogP contribution in [-0.2, 0) is 14.3 Å². The minimum absolute atomic E-state index is 0.224. The highest BCUT2D eigenvalue weighted by atomic mass is 19.4. The van der Waals surface area contributed by atoms with Crippen molar-refractivity contribution < 1.29 is 32.3 Å². The number of carbonyl (C=O) groups excluding carboxylic acids is 3. The van der Waals surface area contributed by atoms with Crippen molar-refractivity contribution in [2.45, 2.75) is 38.3 Å². The summed E-state index contributed by atoms with van der Waals surface area (Å²) in [5, 5.41) is 2.27. The van der Waals surface area contributed by atoms with E-state index < -0.39 is 29.6 Å². The zero-order valence-electron chi connectivity index (χ0n) is 11.1. The predicted molar refractivity (Wildman–Crippen MR) is 63.4 cm³/mol. The molecule has 0 saturated heterocycles. The lowest BCUT2D eigenvalue weighted by Crippen LogP contribution is -2.50. The minimum Gasteiger partial charge on any atom is -0.386 e. The van der Waals surface area contributed by atoms with Gasteiger partial charge in [-0.3, -0.25) is 10.2 Å². The van der Waals surface area contributed by atoms with Crippen LogP contribution in [0, 0.1) is 5.41 Å². The molecule has 0 spiro atoms. The van der Waals surface area contributed by atoms with E-state index in [-0.39, 0.29) is 19.4 Å². The molecule has 0 aromatic rings. The summed E-state index contributed by atoms with van der Waals surface area (Å²) in [6.07, 6.45) is -2.81. The highest BCUT2D eigenvalue weighted by Gasteiger charge is 2.48. The molecular weight excluding hydrogens is 295 g/mol. The highest BCUT2D eigenvalue weighted by molar-refractivity contribution is 5.91. The van der Waals surface area contributed by atoms with Crippen molar-refractivity contribution in [3.8, 4) is 0 Å². The second-order valence-corrected chi connectivity index (χ2v) is 4.84. The summed E-state index contributed by atoms with van der Waals surface area (Å²) in [7, 11) is 0. The van der Waals surface area contributed by atoms with Crippen LogP contribution < -0.4 is 16.6 Å². The molecule has 2 amide bonds. The van der Waals surface area contributed by atoms with Gasteiger partial charge in [0.1, 0.15) is 0 Å². The molecule has 1 aliphatic rings. The fraction of sp³-hybridized carbons (Fsp3) is 0.727. The molecule has 1 aliphatic carbocycles. The van der Waals surface area contributed by atoms with E-state index in [1.165, 1.54) is 0 Å². The SMILES string of the molecule is NNC(=O)NCC1(C(=O)OC(=O)C(F)(F)F)CCCCC1. The summed E-state index contributed by atoms with van der Waals surface area (Å²) in [5.41, 5.74) is 0.435. The first kappa shape index (κ1) is 17.2. The average Bonchev–Trinajstić information content (AvgIpc) is 2.44. The van der Waals surface area contributed by atoms with E-state index in [9.17, 15) is 27.6 Å². The lowest BCUT2D eigenvalue weighted by Gasteiger charge is -2.34.